The van der Waals surface area contributed by atoms with Crippen LogP contribution in [-0.4, -0.2) is 15.3 Å². The Bertz CT molecular complexity index is 302. The van der Waals surface area contributed by atoms with E-state index >= 15 is 0 Å². The minimum atomic E-state index is 0.319. The van der Waals surface area contributed by atoms with E-state index in [0.29, 0.717) is 11.3 Å². The van der Waals surface area contributed by atoms with Gasteiger partial charge in [0.15, 0.2) is 0 Å². The van der Waals surface area contributed by atoms with Crippen molar-refractivity contribution in [2.75, 3.05) is 0 Å². The van der Waals surface area contributed by atoms with Crippen molar-refractivity contribution in [1.82, 2.24) is 9.97 Å². The van der Waals surface area contributed by atoms with Gasteiger partial charge in [-0.15, -0.1) is 11.6 Å². The third-order valence-electron chi connectivity index (χ3n) is 3.42. The van der Waals surface area contributed by atoms with Crippen LogP contribution in [0.2, 0.25) is 0 Å². The molecule has 3 heteroatoms. The first-order valence-corrected chi connectivity index (χ1v) is 6.15. The van der Waals surface area contributed by atoms with Gasteiger partial charge in [0.05, 0.1) is 5.69 Å². The molecule has 1 fully saturated rings. The van der Waals surface area contributed by atoms with E-state index < -0.39 is 0 Å². The van der Waals surface area contributed by atoms with Gasteiger partial charge in [0.25, 0.3) is 0 Å². The van der Waals surface area contributed by atoms with E-state index in [1.54, 1.807) is 12.4 Å². The molecular formula is C12H17ClN2. The highest BCUT2D eigenvalue weighted by atomic mass is 35.5. The molecule has 0 aromatic carbocycles. The molecule has 1 aliphatic carbocycles. The Morgan fingerprint density at radius 2 is 2.27 bits per heavy atom. The first kappa shape index (κ1) is 10.9. The smallest absolute Gasteiger partial charge is 0.0620 e. The molecule has 0 aliphatic heterocycles. The summed E-state index contributed by atoms with van der Waals surface area (Å²) >= 11 is 6.24. The second-order valence-electron chi connectivity index (χ2n) is 4.32. The van der Waals surface area contributed by atoms with Crippen LogP contribution in [0.15, 0.2) is 18.6 Å². The Kier molecular flexibility index (Phi) is 3.57. The van der Waals surface area contributed by atoms with Crippen molar-refractivity contribution in [3.05, 3.63) is 24.3 Å². The van der Waals surface area contributed by atoms with Gasteiger partial charge >= 0.3 is 0 Å². The second-order valence-corrected chi connectivity index (χ2v) is 4.93. The Morgan fingerprint density at radius 3 is 2.93 bits per heavy atom. The standard InChI is InChI=1S/C12H17ClN2/c1-2-9-3-4-10(13)7-11(9)12-8-14-5-6-15-12/h5-6,8-11H,2-4,7H2,1H3. The van der Waals surface area contributed by atoms with E-state index in [1.807, 2.05) is 6.20 Å². The van der Waals surface area contributed by atoms with Crippen LogP contribution >= 0.6 is 11.6 Å². The van der Waals surface area contributed by atoms with E-state index in [1.165, 1.54) is 12.8 Å². The third-order valence-corrected chi connectivity index (χ3v) is 3.81. The van der Waals surface area contributed by atoms with E-state index in [4.69, 9.17) is 11.6 Å². The van der Waals surface area contributed by atoms with Crippen LogP contribution in [0.1, 0.15) is 44.2 Å². The van der Waals surface area contributed by atoms with Gasteiger partial charge in [-0.2, -0.15) is 0 Å². The fourth-order valence-electron chi connectivity index (χ4n) is 2.53. The highest BCUT2D eigenvalue weighted by Crippen LogP contribution is 2.40. The molecule has 1 aromatic rings. The number of alkyl halides is 1. The van der Waals surface area contributed by atoms with Gasteiger partial charge in [-0.05, 0) is 25.2 Å². The maximum Gasteiger partial charge on any atom is 0.0620 e. The lowest BCUT2D eigenvalue weighted by molar-refractivity contribution is 0.298. The highest BCUT2D eigenvalue weighted by molar-refractivity contribution is 6.20. The minimum Gasteiger partial charge on any atom is -0.261 e. The molecule has 82 valence electrons. The summed E-state index contributed by atoms with van der Waals surface area (Å²) in [5.74, 6) is 1.25. The summed E-state index contributed by atoms with van der Waals surface area (Å²) in [5.41, 5.74) is 1.12. The van der Waals surface area contributed by atoms with Gasteiger partial charge in [-0.25, -0.2) is 0 Å². The Morgan fingerprint density at radius 1 is 1.40 bits per heavy atom. The fraction of sp³-hybridized carbons (Fsp3) is 0.667. The zero-order valence-electron chi connectivity index (χ0n) is 9.06. The summed E-state index contributed by atoms with van der Waals surface area (Å²) in [7, 11) is 0. The summed E-state index contributed by atoms with van der Waals surface area (Å²) in [6, 6.07) is 0. The zero-order valence-corrected chi connectivity index (χ0v) is 9.82. The summed E-state index contributed by atoms with van der Waals surface area (Å²) in [4.78, 5) is 8.56. The lowest BCUT2D eigenvalue weighted by atomic mass is 9.76. The topological polar surface area (TPSA) is 25.8 Å². The minimum absolute atomic E-state index is 0.319. The zero-order chi connectivity index (χ0) is 10.7. The highest BCUT2D eigenvalue weighted by Gasteiger charge is 2.30. The van der Waals surface area contributed by atoms with Crippen molar-refractivity contribution in [2.45, 2.75) is 43.9 Å². The Hall–Kier alpha value is -0.630. The molecule has 2 nitrogen and oxygen atoms in total. The van der Waals surface area contributed by atoms with Crippen LogP contribution < -0.4 is 0 Å². The molecule has 1 heterocycles. The van der Waals surface area contributed by atoms with Gasteiger partial charge in [0.1, 0.15) is 0 Å². The average molecular weight is 225 g/mol. The largest absolute Gasteiger partial charge is 0.261 e. The lowest BCUT2D eigenvalue weighted by Gasteiger charge is -2.32. The average Bonchev–Trinajstić information content (AvgIpc) is 2.30. The molecule has 0 saturated heterocycles. The van der Waals surface area contributed by atoms with Crippen molar-refractivity contribution in [2.24, 2.45) is 5.92 Å². The van der Waals surface area contributed by atoms with Crippen LogP contribution in [0.25, 0.3) is 0 Å². The van der Waals surface area contributed by atoms with Crippen molar-refractivity contribution in [3.63, 3.8) is 0 Å². The molecule has 1 aliphatic rings. The van der Waals surface area contributed by atoms with Gasteiger partial charge in [-0.1, -0.05) is 13.3 Å². The first-order chi connectivity index (χ1) is 7.31. The summed E-state index contributed by atoms with van der Waals surface area (Å²) in [6.07, 6.45) is 10.0. The molecule has 0 bridgehead atoms. The van der Waals surface area contributed by atoms with Crippen molar-refractivity contribution >= 4 is 11.6 Å². The van der Waals surface area contributed by atoms with Crippen LogP contribution in [0.5, 0.6) is 0 Å². The van der Waals surface area contributed by atoms with E-state index in [9.17, 15) is 0 Å². The van der Waals surface area contributed by atoms with Gasteiger partial charge in [0, 0.05) is 29.9 Å². The number of nitrogens with zero attached hydrogens (tertiary/aromatic N) is 2. The van der Waals surface area contributed by atoms with Gasteiger partial charge in [-0.3, -0.25) is 9.97 Å². The first-order valence-electron chi connectivity index (χ1n) is 5.71. The normalized spacial score (nSPS) is 31.5. The predicted octanol–water partition coefficient (Wildman–Crippen LogP) is 3.38. The fourth-order valence-corrected chi connectivity index (χ4v) is 2.85. The monoisotopic (exact) mass is 224 g/mol. The third kappa shape index (κ3) is 2.49. The van der Waals surface area contributed by atoms with E-state index in [2.05, 4.69) is 16.9 Å². The Labute approximate surface area is 96.1 Å². The van der Waals surface area contributed by atoms with Crippen molar-refractivity contribution in [3.8, 4) is 0 Å². The van der Waals surface area contributed by atoms with Crippen LogP contribution in [0, 0.1) is 5.92 Å². The second kappa shape index (κ2) is 4.93. The molecule has 0 spiro atoms. The molecule has 3 unspecified atom stereocenters. The van der Waals surface area contributed by atoms with Crippen LogP contribution in [0.3, 0.4) is 0 Å². The summed E-state index contributed by atoms with van der Waals surface area (Å²) < 4.78 is 0. The van der Waals surface area contributed by atoms with Crippen LogP contribution in [-0.2, 0) is 0 Å². The Balaban J connectivity index is 2.17. The van der Waals surface area contributed by atoms with Crippen molar-refractivity contribution in [1.29, 1.82) is 0 Å². The molecule has 3 atom stereocenters. The molecule has 2 rings (SSSR count). The number of aromatic nitrogens is 2. The summed E-state index contributed by atoms with van der Waals surface area (Å²) in [6.45, 7) is 2.25. The van der Waals surface area contributed by atoms with Gasteiger partial charge < -0.3 is 0 Å². The number of halogens is 1. The quantitative estimate of drug-likeness (QED) is 0.720. The summed E-state index contributed by atoms with van der Waals surface area (Å²) in [5, 5.41) is 0.319. The lowest BCUT2D eigenvalue weighted by Crippen LogP contribution is -2.24. The predicted molar refractivity (Wildman–Crippen MR) is 62.0 cm³/mol. The maximum atomic E-state index is 6.24. The molecule has 0 N–H and O–H groups in total. The van der Waals surface area contributed by atoms with E-state index in [0.717, 1.165) is 24.5 Å². The maximum absolute atomic E-state index is 6.24. The van der Waals surface area contributed by atoms with E-state index in [-0.39, 0.29) is 0 Å². The van der Waals surface area contributed by atoms with Gasteiger partial charge in [0.2, 0.25) is 0 Å². The number of hydrogen-bond donors (Lipinski definition) is 0. The molecule has 0 amide bonds. The molecular weight excluding hydrogens is 208 g/mol. The molecule has 15 heavy (non-hydrogen) atoms. The van der Waals surface area contributed by atoms with Crippen LogP contribution in [0.4, 0.5) is 0 Å². The molecule has 0 radical (unpaired) electrons. The number of hydrogen-bond acceptors (Lipinski definition) is 2. The number of rotatable bonds is 2. The SMILES string of the molecule is CCC1CCC(Cl)CC1c1cnccn1. The molecule has 1 aromatic heterocycles. The van der Waals surface area contributed by atoms with Crippen molar-refractivity contribution < 1.29 is 0 Å². The molecule has 1 saturated carbocycles.